The van der Waals surface area contributed by atoms with E-state index in [4.69, 9.17) is 19.4 Å². The van der Waals surface area contributed by atoms with Crippen LogP contribution in [0.4, 0.5) is 0 Å². The molecule has 0 fully saturated rings. The van der Waals surface area contributed by atoms with Crippen molar-refractivity contribution < 1.29 is 4.42 Å². The number of benzene rings is 7. The summed E-state index contributed by atoms with van der Waals surface area (Å²) in [6, 6.07) is 25.1. The number of nitriles is 1. The van der Waals surface area contributed by atoms with Crippen LogP contribution in [0.1, 0.15) is 5.56 Å². The standard InChI is InChI=1S/C42H37B13N4O/c43-25-18(16-11-5-9-13-8-4-10-15(12-56)17(13)16)19-20(27(45)31(25)49)23(29(47)32(50)26(19)44)41-57-40(14-6-2-1-3-7-14)58-42(59-41)24-21-22-28(46)33(51)35(53)37(55)39(22)60-38(21)36(54)34(52)30(24)48/h1-11H,43-55H2. The SMILES string of the molecule is Bc1c(B)c(B)c2c(oc3c(B)c(B)c(B)c(-c4nc(-c5ccccc5)nc(-c5c(B)c(B)c(B)c6c(-c7cccc8cccc(C#N)c78)c(B)c(B)c(B)c56)n4)c32)c1B. The summed E-state index contributed by atoms with van der Waals surface area (Å²) in [5.41, 5.74) is 23.1. The number of aromatic nitrogens is 3. The number of hydrogen-bond acceptors (Lipinski definition) is 5. The highest BCUT2D eigenvalue weighted by molar-refractivity contribution is 6.70. The zero-order chi connectivity index (χ0) is 42.6. The molecular weight excluding hydrogens is 717 g/mol. The van der Waals surface area contributed by atoms with E-state index in [1.54, 1.807) is 0 Å². The van der Waals surface area contributed by atoms with E-state index in [0.29, 0.717) is 23.0 Å². The Bertz CT molecular complexity index is 3430. The van der Waals surface area contributed by atoms with Crippen molar-refractivity contribution in [3.63, 3.8) is 0 Å². The average Bonchev–Trinajstić information content (AvgIpc) is 3.66. The summed E-state index contributed by atoms with van der Waals surface area (Å²) >= 11 is 0. The zero-order valence-corrected chi connectivity index (χ0v) is 37.0. The highest BCUT2D eigenvalue weighted by Crippen LogP contribution is 2.36. The Labute approximate surface area is 363 Å². The van der Waals surface area contributed by atoms with E-state index in [1.807, 2.05) is 30.3 Å². The van der Waals surface area contributed by atoms with Crippen LogP contribution in [-0.2, 0) is 0 Å². The van der Waals surface area contributed by atoms with Gasteiger partial charge in [-0.15, -0.1) is 10.9 Å². The normalized spacial score (nSPS) is 11.5. The fourth-order valence-corrected chi connectivity index (χ4v) is 9.84. The van der Waals surface area contributed by atoms with Crippen molar-refractivity contribution in [1.82, 2.24) is 15.0 Å². The van der Waals surface area contributed by atoms with E-state index in [0.717, 1.165) is 93.2 Å². The van der Waals surface area contributed by atoms with Crippen LogP contribution in [0.15, 0.2) is 71.1 Å². The van der Waals surface area contributed by atoms with Crippen LogP contribution in [0.25, 0.3) is 88.8 Å². The van der Waals surface area contributed by atoms with E-state index >= 15 is 0 Å². The molecule has 0 aliphatic rings. The van der Waals surface area contributed by atoms with Crippen molar-refractivity contribution in [2.24, 2.45) is 0 Å². The lowest BCUT2D eigenvalue weighted by molar-refractivity contribution is 0.675. The second-order valence-corrected chi connectivity index (χ2v) is 17.0. The lowest BCUT2D eigenvalue weighted by Crippen LogP contribution is -2.47. The predicted molar refractivity (Wildman–Crippen MR) is 295 cm³/mol. The van der Waals surface area contributed by atoms with Crippen molar-refractivity contribution in [2.45, 2.75) is 0 Å². The van der Waals surface area contributed by atoms with Gasteiger partial charge in [0.25, 0.3) is 0 Å². The van der Waals surface area contributed by atoms with Gasteiger partial charge in [-0.2, -0.15) is 5.26 Å². The van der Waals surface area contributed by atoms with Gasteiger partial charge in [0.2, 0.25) is 0 Å². The number of hydrogen-bond donors (Lipinski definition) is 0. The molecule has 0 saturated carbocycles. The second kappa shape index (κ2) is 14.4. The van der Waals surface area contributed by atoms with Crippen molar-refractivity contribution in [3.05, 3.63) is 72.3 Å². The Morgan fingerprint density at radius 3 is 1.43 bits per heavy atom. The first-order valence-corrected chi connectivity index (χ1v) is 20.9. The van der Waals surface area contributed by atoms with Gasteiger partial charge in [0.05, 0.1) is 11.6 Å². The van der Waals surface area contributed by atoms with Crippen LogP contribution in [0.3, 0.4) is 0 Å². The van der Waals surface area contributed by atoms with Gasteiger partial charge < -0.3 is 4.42 Å². The summed E-state index contributed by atoms with van der Waals surface area (Å²) in [6.07, 6.45) is 0. The smallest absolute Gasteiger partial charge is 0.164 e. The Balaban J connectivity index is 1.47. The molecule has 0 aliphatic heterocycles. The molecule has 0 saturated heterocycles. The second-order valence-electron chi connectivity index (χ2n) is 17.0. The van der Waals surface area contributed by atoms with Crippen LogP contribution >= 0.6 is 0 Å². The van der Waals surface area contributed by atoms with Gasteiger partial charge in [-0.05, 0) is 33.4 Å². The fraction of sp³-hybridized carbons (Fsp3) is 0. The molecule has 0 N–H and O–H groups in total. The van der Waals surface area contributed by atoms with E-state index in [1.165, 1.54) is 49.1 Å². The first-order valence-electron chi connectivity index (χ1n) is 20.9. The molecule has 0 aliphatic carbocycles. The lowest BCUT2D eigenvalue weighted by Gasteiger charge is -2.26. The molecule has 0 amide bonds. The molecule has 0 spiro atoms. The van der Waals surface area contributed by atoms with Crippen LogP contribution in [0.5, 0.6) is 0 Å². The number of fused-ring (bicyclic) bond motifs is 5. The van der Waals surface area contributed by atoms with Gasteiger partial charge >= 0.3 is 0 Å². The molecule has 0 radical (unpaired) electrons. The topological polar surface area (TPSA) is 75.6 Å². The quantitative estimate of drug-likeness (QED) is 0.167. The average molecular weight is 754 g/mol. The maximum Gasteiger partial charge on any atom is 0.164 e. The molecule has 0 atom stereocenters. The molecule has 2 aromatic heterocycles. The fourth-order valence-electron chi connectivity index (χ4n) is 9.84. The summed E-state index contributed by atoms with van der Waals surface area (Å²) in [5, 5.41) is 16.9. The van der Waals surface area contributed by atoms with E-state index in [-0.39, 0.29) is 0 Å². The molecule has 0 unspecified atom stereocenters. The van der Waals surface area contributed by atoms with Crippen molar-refractivity contribution in [1.29, 1.82) is 5.26 Å². The number of nitrogens with zero attached hydrogens (tertiary/aromatic N) is 4. The van der Waals surface area contributed by atoms with Crippen LogP contribution in [-0.4, -0.2) is 117 Å². The predicted octanol–water partition coefficient (Wildman–Crippen LogP) is -12.0. The third-order valence-electron chi connectivity index (χ3n) is 14.3. The molecule has 7 aromatic carbocycles. The highest BCUT2D eigenvalue weighted by atomic mass is 16.3. The summed E-state index contributed by atoms with van der Waals surface area (Å²) < 4.78 is 6.92. The Morgan fingerprint density at radius 1 is 0.383 bits per heavy atom. The molecule has 18 heteroatoms. The van der Waals surface area contributed by atoms with E-state index < -0.39 is 0 Å². The maximum absolute atomic E-state index is 10.4. The van der Waals surface area contributed by atoms with Crippen molar-refractivity contribution in [3.8, 4) is 51.4 Å². The van der Waals surface area contributed by atoms with Gasteiger partial charge in [-0.1, -0.05) is 121 Å². The zero-order valence-electron chi connectivity index (χ0n) is 37.0. The minimum Gasteiger partial charge on any atom is -0.457 e. The first kappa shape index (κ1) is 39.7. The van der Waals surface area contributed by atoms with Gasteiger partial charge in [-0.25, -0.2) is 15.0 Å². The van der Waals surface area contributed by atoms with Gasteiger partial charge in [0.15, 0.2) is 17.5 Å². The molecule has 2 heterocycles. The Kier molecular flexibility index (Phi) is 9.54. The summed E-state index contributed by atoms with van der Waals surface area (Å²) in [5.74, 6) is 1.88. The summed E-state index contributed by atoms with van der Waals surface area (Å²) in [7, 11) is 28.7. The molecule has 5 nitrogen and oxygen atoms in total. The molecule has 60 heavy (non-hydrogen) atoms. The first-order chi connectivity index (χ1) is 28.7. The van der Waals surface area contributed by atoms with Crippen LogP contribution in [0.2, 0.25) is 0 Å². The van der Waals surface area contributed by atoms with E-state index in [9.17, 15) is 5.26 Å². The molecule has 9 rings (SSSR count). The molecule has 9 aromatic rings. The Morgan fingerprint density at radius 2 is 0.833 bits per heavy atom. The molecule has 0 bridgehead atoms. The minimum atomic E-state index is 0.620. The molecular formula is C42H37B13N4O. The summed E-state index contributed by atoms with van der Waals surface area (Å²) in [4.78, 5) is 16.4. The van der Waals surface area contributed by atoms with Crippen LogP contribution < -0.4 is 71.0 Å². The Hall–Kier alpha value is -5.80. The lowest BCUT2D eigenvalue weighted by atomic mass is 9.60. The number of rotatable bonds is 4. The monoisotopic (exact) mass is 756 g/mol. The highest BCUT2D eigenvalue weighted by Gasteiger charge is 2.28. The van der Waals surface area contributed by atoms with Gasteiger partial charge in [0.1, 0.15) is 113 Å². The van der Waals surface area contributed by atoms with Gasteiger partial charge in [-0.3, -0.25) is 0 Å². The third-order valence-corrected chi connectivity index (χ3v) is 14.3. The van der Waals surface area contributed by atoms with Crippen molar-refractivity contribution in [2.75, 3.05) is 0 Å². The largest absolute Gasteiger partial charge is 0.457 e. The summed E-state index contributed by atoms with van der Waals surface area (Å²) in [6.45, 7) is 0. The number of furan rings is 1. The van der Waals surface area contributed by atoms with Crippen LogP contribution in [0, 0.1) is 11.3 Å². The maximum atomic E-state index is 10.4. The molecule has 270 valence electrons. The van der Waals surface area contributed by atoms with Crippen molar-refractivity contribution >= 4 is 217 Å². The minimum absolute atomic E-state index is 0.620. The van der Waals surface area contributed by atoms with Gasteiger partial charge in [0, 0.05) is 32.8 Å². The third kappa shape index (κ3) is 5.61. The van der Waals surface area contributed by atoms with E-state index in [2.05, 4.69) is 144 Å².